The average Bonchev–Trinajstić information content (AvgIpc) is 3.17. The van der Waals surface area contributed by atoms with Gasteiger partial charge >= 0.3 is 0 Å². The number of ether oxygens (including phenoxy) is 1. The highest BCUT2D eigenvalue weighted by molar-refractivity contribution is 7.07. The molecule has 4 heteroatoms. The molecule has 0 bridgehead atoms. The van der Waals surface area contributed by atoms with Crippen LogP contribution in [-0.2, 0) is 12.8 Å². The van der Waals surface area contributed by atoms with Crippen LogP contribution >= 0.6 is 11.3 Å². The molecule has 0 saturated carbocycles. The second-order valence-corrected chi connectivity index (χ2v) is 6.34. The first kappa shape index (κ1) is 14.5. The fraction of sp³-hybridized carbons (Fsp3) is 0.471. The third-order valence-corrected chi connectivity index (χ3v) is 4.88. The molecule has 1 aliphatic rings. The summed E-state index contributed by atoms with van der Waals surface area (Å²) in [6.45, 7) is 2.34. The minimum absolute atomic E-state index is 0.663. The molecule has 0 aliphatic carbocycles. The maximum absolute atomic E-state index is 5.32. The Labute approximate surface area is 130 Å². The highest BCUT2D eigenvalue weighted by Gasteiger charge is 2.24. The molecule has 1 atom stereocenters. The Bertz CT molecular complexity index is 556. The number of thiazole rings is 1. The number of rotatable bonds is 6. The monoisotopic (exact) mass is 302 g/mol. The Kier molecular flexibility index (Phi) is 4.88. The van der Waals surface area contributed by atoms with Crippen molar-refractivity contribution in [1.82, 2.24) is 9.88 Å². The smallest absolute Gasteiger partial charge is 0.119 e. The van der Waals surface area contributed by atoms with Crippen LogP contribution in [0.3, 0.4) is 0 Å². The lowest BCUT2D eigenvalue weighted by molar-refractivity contribution is 0.255. The van der Waals surface area contributed by atoms with Gasteiger partial charge in [0.15, 0.2) is 0 Å². The lowest BCUT2D eigenvalue weighted by Crippen LogP contribution is -2.33. The van der Waals surface area contributed by atoms with E-state index >= 15 is 0 Å². The van der Waals surface area contributed by atoms with E-state index in [2.05, 4.69) is 33.5 Å². The summed E-state index contributed by atoms with van der Waals surface area (Å²) in [5, 5.41) is 2.16. The van der Waals surface area contributed by atoms with E-state index in [1.54, 1.807) is 18.4 Å². The van der Waals surface area contributed by atoms with Crippen LogP contribution in [0, 0.1) is 0 Å². The van der Waals surface area contributed by atoms with Gasteiger partial charge in [0.2, 0.25) is 0 Å². The van der Waals surface area contributed by atoms with Crippen molar-refractivity contribution < 1.29 is 4.74 Å². The Morgan fingerprint density at radius 3 is 3.19 bits per heavy atom. The third-order valence-electron chi connectivity index (χ3n) is 4.24. The number of aromatic nitrogens is 1. The summed E-state index contributed by atoms with van der Waals surface area (Å²) in [4.78, 5) is 7.01. The number of likely N-dealkylation sites (tertiary alicyclic amines) is 1. The third kappa shape index (κ3) is 3.83. The van der Waals surface area contributed by atoms with Crippen LogP contribution in [0.4, 0.5) is 0 Å². The summed E-state index contributed by atoms with van der Waals surface area (Å²) < 4.78 is 5.32. The van der Waals surface area contributed by atoms with Crippen molar-refractivity contribution >= 4 is 11.3 Å². The average molecular weight is 302 g/mol. The Balaban J connectivity index is 1.58. The number of nitrogens with zero attached hydrogens (tertiary/aromatic N) is 2. The van der Waals surface area contributed by atoms with E-state index in [1.165, 1.54) is 30.6 Å². The summed E-state index contributed by atoms with van der Waals surface area (Å²) in [5.74, 6) is 0.958. The number of hydrogen-bond acceptors (Lipinski definition) is 4. The zero-order valence-corrected chi connectivity index (χ0v) is 13.3. The predicted molar refractivity (Wildman–Crippen MR) is 87.1 cm³/mol. The molecule has 1 fully saturated rings. The van der Waals surface area contributed by atoms with Gasteiger partial charge in [-0.2, -0.15) is 0 Å². The minimum atomic E-state index is 0.663. The van der Waals surface area contributed by atoms with Gasteiger partial charge in [0.05, 0.1) is 18.3 Å². The van der Waals surface area contributed by atoms with Gasteiger partial charge in [-0.3, -0.25) is 4.90 Å². The fourth-order valence-corrected chi connectivity index (χ4v) is 3.70. The molecule has 0 radical (unpaired) electrons. The van der Waals surface area contributed by atoms with Gasteiger partial charge < -0.3 is 4.74 Å². The molecule has 112 valence electrons. The van der Waals surface area contributed by atoms with E-state index in [0.29, 0.717) is 6.04 Å². The van der Waals surface area contributed by atoms with Crippen LogP contribution in [0.25, 0.3) is 0 Å². The zero-order valence-electron chi connectivity index (χ0n) is 12.5. The first-order chi connectivity index (χ1) is 10.3. The van der Waals surface area contributed by atoms with Crippen molar-refractivity contribution in [2.45, 2.75) is 31.7 Å². The SMILES string of the molecule is COc1cccc(CC2CCCN2CCc2cscn2)c1. The first-order valence-corrected chi connectivity index (χ1v) is 8.53. The van der Waals surface area contributed by atoms with Crippen LogP contribution < -0.4 is 4.74 Å². The van der Waals surface area contributed by atoms with Crippen molar-refractivity contribution in [3.63, 3.8) is 0 Å². The molecule has 0 amide bonds. The first-order valence-electron chi connectivity index (χ1n) is 7.59. The lowest BCUT2D eigenvalue weighted by Gasteiger charge is -2.24. The van der Waals surface area contributed by atoms with Crippen molar-refractivity contribution in [3.8, 4) is 5.75 Å². The van der Waals surface area contributed by atoms with E-state index in [-0.39, 0.29) is 0 Å². The Morgan fingerprint density at radius 1 is 1.43 bits per heavy atom. The predicted octanol–water partition coefficient (Wildman–Crippen LogP) is 3.40. The molecule has 3 rings (SSSR count). The van der Waals surface area contributed by atoms with E-state index in [1.807, 2.05) is 11.6 Å². The van der Waals surface area contributed by atoms with Gasteiger partial charge in [0, 0.05) is 24.4 Å². The molecule has 1 aromatic carbocycles. The minimum Gasteiger partial charge on any atom is -0.497 e. The quantitative estimate of drug-likeness (QED) is 0.818. The van der Waals surface area contributed by atoms with Gasteiger partial charge in [0.25, 0.3) is 0 Å². The van der Waals surface area contributed by atoms with Crippen LogP contribution in [0.5, 0.6) is 5.75 Å². The molecule has 1 saturated heterocycles. The zero-order chi connectivity index (χ0) is 14.5. The molecule has 3 nitrogen and oxygen atoms in total. The van der Waals surface area contributed by atoms with Gasteiger partial charge in [-0.1, -0.05) is 12.1 Å². The highest BCUT2D eigenvalue weighted by Crippen LogP contribution is 2.23. The second-order valence-electron chi connectivity index (χ2n) is 5.62. The number of methoxy groups -OCH3 is 1. The summed E-state index contributed by atoms with van der Waals surface area (Å²) in [5.41, 5.74) is 4.53. The molecule has 21 heavy (non-hydrogen) atoms. The second kappa shape index (κ2) is 7.05. The van der Waals surface area contributed by atoms with Gasteiger partial charge in [-0.15, -0.1) is 11.3 Å². The van der Waals surface area contributed by atoms with Crippen molar-refractivity contribution in [2.24, 2.45) is 0 Å². The van der Waals surface area contributed by atoms with Crippen LogP contribution in [-0.4, -0.2) is 36.1 Å². The normalized spacial score (nSPS) is 19.0. The molecule has 1 unspecified atom stereocenters. The molecule has 2 heterocycles. The van der Waals surface area contributed by atoms with Gasteiger partial charge in [-0.05, 0) is 43.5 Å². The highest BCUT2D eigenvalue weighted by atomic mass is 32.1. The maximum atomic E-state index is 5.32. The van der Waals surface area contributed by atoms with Crippen molar-refractivity contribution in [1.29, 1.82) is 0 Å². The van der Waals surface area contributed by atoms with Crippen molar-refractivity contribution in [3.05, 3.63) is 46.4 Å². The summed E-state index contributed by atoms with van der Waals surface area (Å²) in [7, 11) is 1.73. The molecule has 2 aromatic rings. The molecular weight excluding hydrogens is 280 g/mol. The molecular formula is C17H22N2OS. The van der Waals surface area contributed by atoms with E-state index < -0.39 is 0 Å². The molecule has 1 aromatic heterocycles. The fourth-order valence-electron chi connectivity index (χ4n) is 3.11. The molecule has 0 N–H and O–H groups in total. The number of benzene rings is 1. The number of hydrogen-bond donors (Lipinski definition) is 0. The van der Waals surface area contributed by atoms with Crippen molar-refractivity contribution in [2.75, 3.05) is 20.2 Å². The summed E-state index contributed by atoms with van der Waals surface area (Å²) in [6.07, 6.45) is 4.80. The van der Waals surface area contributed by atoms with Gasteiger partial charge in [-0.25, -0.2) is 4.98 Å². The maximum Gasteiger partial charge on any atom is 0.119 e. The van der Waals surface area contributed by atoms with Gasteiger partial charge in [0.1, 0.15) is 5.75 Å². The summed E-state index contributed by atoms with van der Waals surface area (Å²) in [6, 6.07) is 9.13. The largest absolute Gasteiger partial charge is 0.497 e. The molecule has 0 spiro atoms. The van der Waals surface area contributed by atoms with Crippen LogP contribution in [0.15, 0.2) is 35.2 Å². The summed E-state index contributed by atoms with van der Waals surface area (Å²) >= 11 is 1.69. The molecule has 1 aliphatic heterocycles. The van der Waals surface area contributed by atoms with E-state index in [4.69, 9.17) is 4.74 Å². The van der Waals surface area contributed by atoms with E-state index in [0.717, 1.165) is 25.1 Å². The standard InChI is InChI=1S/C17H22N2OS/c1-20-17-6-2-4-14(11-17)10-16-5-3-8-19(16)9-7-15-12-21-13-18-15/h2,4,6,11-13,16H,3,5,7-10H2,1H3. The lowest BCUT2D eigenvalue weighted by atomic mass is 10.0. The Morgan fingerprint density at radius 2 is 2.38 bits per heavy atom. The van der Waals surface area contributed by atoms with Crippen LogP contribution in [0.1, 0.15) is 24.1 Å². The Hall–Kier alpha value is -1.39. The van der Waals surface area contributed by atoms with Crippen LogP contribution in [0.2, 0.25) is 0 Å². The topological polar surface area (TPSA) is 25.4 Å². The van der Waals surface area contributed by atoms with E-state index in [9.17, 15) is 0 Å².